The Morgan fingerprint density at radius 1 is 1.50 bits per heavy atom. The Bertz CT molecular complexity index is 569. The summed E-state index contributed by atoms with van der Waals surface area (Å²) in [6, 6.07) is 4.60. The van der Waals surface area contributed by atoms with Crippen molar-refractivity contribution < 1.29 is 4.42 Å². The summed E-state index contributed by atoms with van der Waals surface area (Å²) in [5, 5.41) is 7.84. The van der Waals surface area contributed by atoms with Crippen molar-refractivity contribution >= 4 is 5.82 Å². The Morgan fingerprint density at radius 2 is 2.30 bits per heavy atom. The van der Waals surface area contributed by atoms with Crippen molar-refractivity contribution in [2.45, 2.75) is 38.9 Å². The molecule has 0 radical (unpaired) electrons. The van der Waals surface area contributed by atoms with E-state index in [2.05, 4.69) is 22.2 Å². The van der Waals surface area contributed by atoms with Gasteiger partial charge in [-0.15, -0.1) is 0 Å². The van der Waals surface area contributed by atoms with Crippen LogP contribution in [0.4, 0.5) is 5.82 Å². The molecule has 1 saturated carbocycles. The second-order valence-electron chi connectivity index (χ2n) is 5.48. The molecule has 0 bridgehead atoms. The van der Waals surface area contributed by atoms with Crippen LogP contribution < -0.4 is 10.2 Å². The van der Waals surface area contributed by atoms with Crippen LogP contribution in [0.5, 0.6) is 0 Å². The number of aryl methyl sites for hydroxylation is 2. The van der Waals surface area contributed by atoms with E-state index in [0.29, 0.717) is 6.04 Å². The molecule has 5 heteroatoms. The summed E-state index contributed by atoms with van der Waals surface area (Å²) in [6.07, 6.45) is 4.25. The summed E-state index contributed by atoms with van der Waals surface area (Å²) < 4.78 is 7.53. The molecule has 0 aliphatic heterocycles. The molecule has 0 aromatic carbocycles. The SMILES string of the molecule is CNCc1c(C)nn(C)c1N(Cc1ccco1)C1CC1. The zero-order valence-corrected chi connectivity index (χ0v) is 12.4. The van der Waals surface area contributed by atoms with Gasteiger partial charge < -0.3 is 14.6 Å². The predicted octanol–water partition coefficient (Wildman–Crippen LogP) is 2.21. The van der Waals surface area contributed by atoms with Crippen LogP contribution in [0.1, 0.15) is 29.9 Å². The zero-order chi connectivity index (χ0) is 14.1. The highest BCUT2D eigenvalue weighted by molar-refractivity contribution is 5.52. The number of nitrogens with one attached hydrogen (secondary N) is 1. The second kappa shape index (κ2) is 5.32. The van der Waals surface area contributed by atoms with Gasteiger partial charge in [0, 0.05) is 25.2 Å². The Balaban J connectivity index is 1.94. The fourth-order valence-electron chi connectivity index (χ4n) is 2.77. The minimum Gasteiger partial charge on any atom is -0.467 e. The summed E-state index contributed by atoms with van der Waals surface area (Å²) in [4.78, 5) is 2.44. The average molecular weight is 274 g/mol. The molecule has 2 aromatic heterocycles. The number of hydrogen-bond donors (Lipinski definition) is 1. The van der Waals surface area contributed by atoms with E-state index in [1.165, 1.54) is 24.2 Å². The lowest BCUT2D eigenvalue weighted by Crippen LogP contribution is -2.28. The largest absolute Gasteiger partial charge is 0.467 e. The molecular weight excluding hydrogens is 252 g/mol. The standard InChI is InChI=1S/C15H22N4O/c1-11-14(9-16-2)15(18(3)17-11)19(12-6-7-12)10-13-5-4-8-20-13/h4-5,8,12,16H,6-7,9-10H2,1-3H3. The first-order valence-corrected chi connectivity index (χ1v) is 7.16. The fraction of sp³-hybridized carbons (Fsp3) is 0.533. The molecule has 20 heavy (non-hydrogen) atoms. The van der Waals surface area contributed by atoms with Crippen molar-refractivity contribution in [3.05, 3.63) is 35.4 Å². The van der Waals surface area contributed by atoms with Crippen molar-refractivity contribution in [1.82, 2.24) is 15.1 Å². The van der Waals surface area contributed by atoms with Crippen molar-refractivity contribution in [3.63, 3.8) is 0 Å². The highest BCUT2D eigenvalue weighted by atomic mass is 16.3. The number of nitrogens with zero attached hydrogens (tertiary/aromatic N) is 3. The van der Waals surface area contributed by atoms with Gasteiger partial charge in [-0.3, -0.25) is 4.68 Å². The van der Waals surface area contributed by atoms with Crippen LogP contribution in [0.2, 0.25) is 0 Å². The third-order valence-electron chi connectivity index (χ3n) is 3.83. The minimum absolute atomic E-state index is 0.616. The summed E-state index contributed by atoms with van der Waals surface area (Å²) in [6.45, 7) is 3.73. The van der Waals surface area contributed by atoms with Gasteiger partial charge in [-0.2, -0.15) is 5.10 Å². The Kier molecular flexibility index (Phi) is 3.53. The normalized spacial score (nSPS) is 14.8. The molecular formula is C15H22N4O. The van der Waals surface area contributed by atoms with Crippen LogP contribution >= 0.6 is 0 Å². The molecule has 2 aromatic rings. The van der Waals surface area contributed by atoms with Crippen LogP contribution in [0, 0.1) is 6.92 Å². The second-order valence-corrected chi connectivity index (χ2v) is 5.48. The van der Waals surface area contributed by atoms with Crippen molar-refractivity contribution in [2.24, 2.45) is 7.05 Å². The number of hydrogen-bond acceptors (Lipinski definition) is 4. The van der Waals surface area contributed by atoms with Crippen LogP contribution in [-0.4, -0.2) is 22.9 Å². The molecule has 2 heterocycles. The molecule has 108 valence electrons. The molecule has 1 aliphatic carbocycles. The zero-order valence-electron chi connectivity index (χ0n) is 12.4. The monoisotopic (exact) mass is 274 g/mol. The third-order valence-corrected chi connectivity index (χ3v) is 3.83. The van der Waals surface area contributed by atoms with Gasteiger partial charge in [0.25, 0.3) is 0 Å². The van der Waals surface area contributed by atoms with Gasteiger partial charge in [0.05, 0.1) is 18.5 Å². The van der Waals surface area contributed by atoms with Gasteiger partial charge in [0.1, 0.15) is 11.6 Å². The maximum atomic E-state index is 5.52. The summed E-state index contributed by atoms with van der Waals surface area (Å²) in [5.41, 5.74) is 2.38. The van der Waals surface area contributed by atoms with E-state index in [-0.39, 0.29) is 0 Å². The summed E-state index contributed by atoms with van der Waals surface area (Å²) in [5.74, 6) is 2.22. The Hall–Kier alpha value is -1.75. The molecule has 0 atom stereocenters. The topological polar surface area (TPSA) is 46.2 Å². The van der Waals surface area contributed by atoms with Crippen molar-refractivity contribution in [1.29, 1.82) is 0 Å². The number of anilines is 1. The smallest absolute Gasteiger partial charge is 0.131 e. The van der Waals surface area contributed by atoms with Crippen molar-refractivity contribution in [3.8, 4) is 0 Å². The molecule has 1 N–H and O–H groups in total. The molecule has 1 fully saturated rings. The average Bonchev–Trinajstić information content (AvgIpc) is 3.06. The van der Waals surface area contributed by atoms with Crippen LogP contribution in [0.25, 0.3) is 0 Å². The highest BCUT2D eigenvalue weighted by Crippen LogP contribution is 2.35. The third kappa shape index (κ3) is 2.45. The predicted molar refractivity (Wildman–Crippen MR) is 78.6 cm³/mol. The number of furan rings is 1. The lowest BCUT2D eigenvalue weighted by molar-refractivity contribution is 0.497. The van der Waals surface area contributed by atoms with E-state index in [0.717, 1.165) is 24.5 Å². The van der Waals surface area contributed by atoms with Gasteiger partial charge in [0.2, 0.25) is 0 Å². The van der Waals surface area contributed by atoms with Gasteiger partial charge in [-0.25, -0.2) is 0 Å². The molecule has 0 saturated heterocycles. The molecule has 3 rings (SSSR count). The molecule has 0 amide bonds. The van der Waals surface area contributed by atoms with Gasteiger partial charge in [-0.05, 0) is 38.9 Å². The van der Waals surface area contributed by atoms with E-state index in [9.17, 15) is 0 Å². The van der Waals surface area contributed by atoms with E-state index < -0.39 is 0 Å². The van der Waals surface area contributed by atoms with Gasteiger partial charge in [0.15, 0.2) is 0 Å². The summed E-state index contributed by atoms with van der Waals surface area (Å²) >= 11 is 0. The van der Waals surface area contributed by atoms with Crippen LogP contribution in [0.3, 0.4) is 0 Å². The van der Waals surface area contributed by atoms with Crippen LogP contribution in [0.15, 0.2) is 22.8 Å². The lowest BCUT2D eigenvalue weighted by Gasteiger charge is -2.25. The Labute approximate surface area is 119 Å². The van der Waals surface area contributed by atoms with Gasteiger partial charge >= 0.3 is 0 Å². The number of rotatable bonds is 6. The van der Waals surface area contributed by atoms with Gasteiger partial charge in [-0.1, -0.05) is 0 Å². The number of aromatic nitrogens is 2. The first-order chi connectivity index (χ1) is 9.70. The molecule has 0 spiro atoms. The van der Waals surface area contributed by atoms with Crippen LogP contribution in [-0.2, 0) is 20.1 Å². The molecule has 0 unspecified atom stereocenters. The first-order valence-electron chi connectivity index (χ1n) is 7.16. The maximum absolute atomic E-state index is 5.52. The summed E-state index contributed by atoms with van der Waals surface area (Å²) in [7, 11) is 4.00. The molecule has 5 nitrogen and oxygen atoms in total. The van der Waals surface area contributed by atoms with E-state index in [1.54, 1.807) is 6.26 Å². The fourth-order valence-corrected chi connectivity index (χ4v) is 2.77. The Morgan fingerprint density at radius 3 is 2.90 bits per heavy atom. The lowest BCUT2D eigenvalue weighted by atomic mass is 10.2. The maximum Gasteiger partial charge on any atom is 0.131 e. The first kappa shape index (κ1) is 13.2. The minimum atomic E-state index is 0.616. The quantitative estimate of drug-likeness (QED) is 0.877. The van der Waals surface area contributed by atoms with E-state index in [4.69, 9.17) is 4.42 Å². The van der Waals surface area contributed by atoms with E-state index >= 15 is 0 Å². The van der Waals surface area contributed by atoms with E-state index in [1.807, 2.05) is 30.9 Å². The van der Waals surface area contributed by atoms with Crippen molar-refractivity contribution in [2.75, 3.05) is 11.9 Å². The highest BCUT2D eigenvalue weighted by Gasteiger charge is 2.33. The molecule has 1 aliphatic rings.